The predicted octanol–water partition coefficient (Wildman–Crippen LogP) is 7.15. The first-order valence-electron chi connectivity index (χ1n) is 12.9. The molecule has 0 bridgehead atoms. The molecule has 0 atom stereocenters. The average Bonchev–Trinajstić information content (AvgIpc) is 3.58. The third-order valence-corrected chi connectivity index (χ3v) is 6.37. The number of aryl methyl sites for hydroxylation is 1. The number of nitrogens with zero attached hydrogens (tertiary/aromatic N) is 3. The van der Waals surface area contributed by atoms with Gasteiger partial charge in [-0.2, -0.15) is 0 Å². The SMILES string of the molecule is Cc1cc(NC(=O)Nc2ccc(CCNc3ncnc4oc(-c5ccccc5)c(-c5ccccc5)c34)cc2)on1. The lowest BCUT2D eigenvalue weighted by Crippen LogP contribution is -2.19. The lowest BCUT2D eigenvalue weighted by atomic mass is 9.99. The molecule has 9 nitrogen and oxygen atoms in total. The lowest BCUT2D eigenvalue weighted by molar-refractivity contribution is 0.261. The Morgan fingerprint density at radius 1 is 0.850 bits per heavy atom. The Hall–Kier alpha value is -5.44. The Bertz CT molecular complexity index is 1750. The molecule has 198 valence electrons. The minimum absolute atomic E-state index is 0.292. The summed E-state index contributed by atoms with van der Waals surface area (Å²) >= 11 is 0. The minimum atomic E-state index is -0.400. The van der Waals surface area contributed by atoms with Crippen LogP contribution >= 0.6 is 0 Å². The zero-order chi connectivity index (χ0) is 27.3. The number of aromatic nitrogens is 3. The molecule has 0 aliphatic heterocycles. The van der Waals surface area contributed by atoms with Crippen molar-refractivity contribution in [2.45, 2.75) is 13.3 Å². The number of urea groups is 1. The molecule has 9 heteroatoms. The number of amides is 2. The van der Waals surface area contributed by atoms with Crippen LogP contribution in [-0.4, -0.2) is 27.7 Å². The lowest BCUT2D eigenvalue weighted by Gasteiger charge is -2.09. The average molecular weight is 531 g/mol. The summed E-state index contributed by atoms with van der Waals surface area (Å²) in [7, 11) is 0. The first-order valence-corrected chi connectivity index (χ1v) is 12.9. The van der Waals surface area contributed by atoms with Gasteiger partial charge in [0.1, 0.15) is 17.9 Å². The molecule has 3 aromatic carbocycles. The van der Waals surface area contributed by atoms with E-state index in [4.69, 9.17) is 8.94 Å². The van der Waals surface area contributed by atoms with Gasteiger partial charge in [0.05, 0.1) is 11.1 Å². The molecule has 0 saturated carbocycles. The number of benzene rings is 3. The van der Waals surface area contributed by atoms with Gasteiger partial charge >= 0.3 is 6.03 Å². The number of carbonyl (C=O) groups excluding carboxylic acids is 1. The maximum atomic E-state index is 12.2. The maximum absolute atomic E-state index is 12.2. The summed E-state index contributed by atoms with van der Waals surface area (Å²) in [4.78, 5) is 21.2. The second-order valence-electron chi connectivity index (χ2n) is 9.23. The number of nitrogens with one attached hydrogen (secondary N) is 3. The normalized spacial score (nSPS) is 10.9. The van der Waals surface area contributed by atoms with Crippen molar-refractivity contribution in [1.29, 1.82) is 0 Å². The summed E-state index contributed by atoms with van der Waals surface area (Å²) in [5, 5.41) is 13.5. The third kappa shape index (κ3) is 5.39. The molecule has 6 aromatic rings. The van der Waals surface area contributed by atoms with E-state index in [0.29, 0.717) is 35.3 Å². The van der Waals surface area contributed by atoms with Crippen molar-refractivity contribution in [1.82, 2.24) is 15.1 Å². The molecule has 0 saturated heterocycles. The Labute approximate surface area is 230 Å². The van der Waals surface area contributed by atoms with E-state index in [9.17, 15) is 4.79 Å². The first kappa shape index (κ1) is 24.9. The van der Waals surface area contributed by atoms with E-state index >= 15 is 0 Å². The molecule has 3 aromatic heterocycles. The third-order valence-electron chi connectivity index (χ3n) is 6.37. The Morgan fingerprint density at radius 3 is 2.27 bits per heavy atom. The van der Waals surface area contributed by atoms with Crippen LogP contribution < -0.4 is 16.0 Å². The summed E-state index contributed by atoms with van der Waals surface area (Å²) in [6, 6.07) is 29.1. The highest BCUT2D eigenvalue weighted by Gasteiger charge is 2.21. The topological polar surface area (TPSA) is 118 Å². The largest absolute Gasteiger partial charge is 0.437 e. The summed E-state index contributed by atoms with van der Waals surface area (Å²) in [5.74, 6) is 1.77. The van der Waals surface area contributed by atoms with Crippen LogP contribution in [-0.2, 0) is 6.42 Å². The van der Waals surface area contributed by atoms with Gasteiger partial charge in [-0.05, 0) is 36.6 Å². The van der Waals surface area contributed by atoms with Crippen molar-refractivity contribution >= 4 is 34.5 Å². The van der Waals surface area contributed by atoms with Crippen LogP contribution in [0.15, 0.2) is 106 Å². The van der Waals surface area contributed by atoms with E-state index < -0.39 is 6.03 Å². The quantitative estimate of drug-likeness (QED) is 0.191. The number of carbonyl (C=O) groups is 1. The van der Waals surface area contributed by atoms with Gasteiger partial charge in [0.25, 0.3) is 0 Å². The number of hydrogen-bond donors (Lipinski definition) is 3. The molecule has 6 rings (SSSR count). The molecule has 0 spiro atoms. The van der Waals surface area contributed by atoms with Gasteiger partial charge in [-0.15, -0.1) is 0 Å². The molecule has 0 aliphatic rings. The highest BCUT2D eigenvalue weighted by molar-refractivity contribution is 6.05. The molecule has 0 aliphatic carbocycles. The van der Waals surface area contributed by atoms with Gasteiger partial charge in [-0.25, -0.2) is 14.8 Å². The summed E-state index contributed by atoms with van der Waals surface area (Å²) < 4.78 is 11.3. The monoisotopic (exact) mass is 530 g/mol. The van der Waals surface area contributed by atoms with Crippen LogP contribution in [0.4, 0.5) is 22.2 Å². The van der Waals surface area contributed by atoms with E-state index in [1.807, 2.05) is 72.8 Å². The molecule has 3 N–H and O–H groups in total. The van der Waals surface area contributed by atoms with Gasteiger partial charge in [-0.1, -0.05) is 78.0 Å². The van der Waals surface area contributed by atoms with E-state index in [1.54, 1.807) is 13.0 Å². The van der Waals surface area contributed by atoms with Crippen molar-refractivity contribution in [3.8, 4) is 22.5 Å². The molecule has 2 amide bonds. The van der Waals surface area contributed by atoms with E-state index in [-0.39, 0.29) is 0 Å². The number of rotatable bonds is 8. The van der Waals surface area contributed by atoms with Crippen molar-refractivity contribution in [3.63, 3.8) is 0 Å². The van der Waals surface area contributed by atoms with Crippen molar-refractivity contribution in [3.05, 3.63) is 109 Å². The highest BCUT2D eigenvalue weighted by atomic mass is 16.5. The number of hydrogen-bond acceptors (Lipinski definition) is 7. The van der Waals surface area contributed by atoms with Crippen LogP contribution in [0.3, 0.4) is 0 Å². The Balaban J connectivity index is 1.18. The zero-order valence-corrected chi connectivity index (χ0v) is 21.7. The zero-order valence-electron chi connectivity index (χ0n) is 21.7. The number of anilines is 3. The van der Waals surface area contributed by atoms with Crippen molar-refractivity contribution in [2.75, 3.05) is 22.5 Å². The minimum Gasteiger partial charge on any atom is -0.437 e. The molecule has 0 fully saturated rings. The van der Waals surface area contributed by atoms with Crippen LogP contribution in [0.2, 0.25) is 0 Å². The van der Waals surface area contributed by atoms with Crippen LogP contribution in [0.5, 0.6) is 0 Å². The van der Waals surface area contributed by atoms with E-state index in [1.165, 1.54) is 6.33 Å². The molecular weight excluding hydrogens is 504 g/mol. The molecule has 0 radical (unpaired) electrons. The fourth-order valence-electron chi connectivity index (χ4n) is 4.52. The molecule has 40 heavy (non-hydrogen) atoms. The predicted molar refractivity (Wildman–Crippen MR) is 155 cm³/mol. The van der Waals surface area contributed by atoms with E-state index in [2.05, 4.69) is 43.2 Å². The Kier molecular flexibility index (Phi) is 6.92. The fourth-order valence-corrected chi connectivity index (χ4v) is 4.52. The van der Waals surface area contributed by atoms with Crippen LogP contribution in [0.25, 0.3) is 33.6 Å². The fraction of sp³-hybridized carbons (Fsp3) is 0.0968. The van der Waals surface area contributed by atoms with Crippen molar-refractivity contribution in [2.24, 2.45) is 0 Å². The van der Waals surface area contributed by atoms with Crippen LogP contribution in [0, 0.1) is 6.92 Å². The Morgan fingerprint density at radius 2 is 1.57 bits per heavy atom. The van der Waals surface area contributed by atoms with Crippen molar-refractivity contribution < 1.29 is 13.7 Å². The summed E-state index contributed by atoms with van der Waals surface area (Å²) in [5.41, 5.74) is 5.96. The van der Waals surface area contributed by atoms with Gasteiger partial charge in [0, 0.05) is 29.4 Å². The van der Waals surface area contributed by atoms with E-state index in [0.717, 1.165) is 39.8 Å². The molecule has 0 unspecified atom stereocenters. The second kappa shape index (κ2) is 11.1. The smallest absolute Gasteiger partial charge is 0.326 e. The highest BCUT2D eigenvalue weighted by Crippen LogP contribution is 2.42. The van der Waals surface area contributed by atoms with Gasteiger partial charge in [0.15, 0.2) is 0 Å². The molecule has 3 heterocycles. The van der Waals surface area contributed by atoms with Gasteiger partial charge in [0.2, 0.25) is 11.6 Å². The standard InChI is InChI=1S/C31H26N6O3/c1-20-18-25(40-37-20)36-31(38)35-24-14-12-21(13-15-24)16-17-32-29-27-26(22-8-4-2-5-9-22)28(23-10-6-3-7-11-23)39-30(27)34-19-33-29/h2-15,18-19H,16-17H2,1H3,(H,32,33,34)(H2,35,36,38). The number of fused-ring (bicyclic) bond motifs is 1. The summed E-state index contributed by atoms with van der Waals surface area (Å²) in [6.45, 7) is 2.43. The van der Waals surface area contributed by atoms with Gasteiger partial charge < -0.3 is 19.6 Å². The van der Waals surface area contributed by atoms with Gasteiger partial charge in [-0.3, -0.25) is 5.32 Å². The first-order chi connectivity index (χ1) is 19.6. The summed E-state index contributed by atoms with van der Waals surface area (Å²) in [6.07, 6.45) is 2.27. The van der Waals surface area contributed by atoms with Crippen LogP contribution in [0.1, 0.15) is 11.3 Å². The molecular formula is C31H26N6O3. The second-order valence-corrected chi connectivity index (χ2v) is 9.23. The maximum Gasteiger partial charge on any atom is 0.326 e. The number of furan rings is 1.